The third-order valence-electron chi connectivity index (χ3n) is 4.74. The Morgan fingerprint density at radius 2 is 1.92 bits per heavy atom. The minimum Gasteiger partial charge on any atom is -0.351 e. The molecule has 0 fully saturated rings. The van der Waals surface area contributed by atoms with Crippen molar-refractivity contribution in [2.75, 3.05) is 0 Å². The maximum Gasteiger partial charge on any atom is 0.272 e. The van der Waals surface area contributed by atoms with Gasteiger partial charge in [-0.15, -0.1) is 0 Å². The lowest BCUT2D eigenvalue weighted by molar-refractivity contribution is -0.120. The zero-order valence-electron chi connectivity index (χ0n) is 14.1. The lowest BCUT2D eigenvalue weighted by Gasteiger charge is -2.08. The molecule has 4 rings (SSSR count). The number of aromatic nitrogens is 3. The van der Waals surface area contributed by atoms with Gasteiger partial charge in [-0.1, -0.05) is 18.2 Å². The van der Waals surface area contributed by atoms with E-state index in [4.69, 9.17) is 0 Å². The van der Waals surface area contributed by atoms with Crippen LogP contribution in [0.25, 0.3) is 10.8 Å². The number of pyridine rings is 1. The van der Waals surface area contributed by atoms with Gasteiger partial charge in [0.05, 0.1) is 17.5 Å². The molecule has 1 amide bonds. The van der Waals surface area contributed by atoms with Crippen LogP contribution in [0.3, 0.4) is 0 Å². The summed E-state index contributed by atoms with van der Waals surface area (Å²) >= 11 is 0. The second kappa shape index (κ2) is 6.59. The number of benzene rings is 1. The van der Waals surface area contributed by atoms with Gasteiger partial charge >= 0.3 is 0 Å². The summed E-state index contributed by atoms with van der Waals surface area (Å²) in [6.07, 6.45) is 2.94. The van der Waals surface area contributed by atoms with Crippen LogP contribution in [-0.2, 0) is 30.6 Å². The molecule has 3 aromatic rings. The van der Waals surface area contributed by atoms with Crippen LogP contribution in [0, 0.1) is 0 Å². The molecule has 3 N–H and O–H groups in total. The first-order valence-electron chi connectivity index (χ1n) is 8.59. The molecule has 0 bridgehead atoms. The largest absolute Gasteiger partial charge is 0.351 e. The van der Waals surface area contributed by atoms with E-state index in [1.807, 2.05) is 6.07 Å². The van der Waals surface area contributed by atoms with Crippen molar-refractivity contribution in [1.29, 1.82) is 0 Å². The Balaban J connectivity index is 1.50. The molecule has 1 aromatic carbocycles. The number of rotatable bonds is 4. The van der Waals surface area contributed by atoms with E-state index in [0.717, 1.165) is 30.5 Å². The Labute approximate surface area is 148 Å². The third-order valence-corrected chi connectivity index (χ3v) is 4.74. The summed E-state index contributed by atoms with van der Waals surface area (Å²) in [6, 6.07) is 8.92. The van der Waals surface area contributed by atoms with Gasteiger partial charge in [-0.3, -0.25) is 14.4 Å². The number of hydrogen-bond donors (Lipinski definition) is 3. The molecule has 7 heteroatoms. The van der Waals surface area contributed by atoms with E-state index in [-0.39, 0.29) is 30.0 Å². The van der Waals surface area contributed by atoms with Crippen molar-refractivity contribution in [3.05, 3.63) is 73.6 Å². The first kappa shape index (κ1) is 16.3. The van der Waals surface area contributed by atoms with Crippen LogP contribution < -0.4 is 16.4 Å². The maximum atomic E-state index is 12.3. The first-order chi connectivity index (χ1) is 12.6. The number of hydrogen-bond acceptors (Lipinski definition) is 4. The highest BCUT2D eigenvalue weighted by Gasteiger charge is 2.15. The summed E-state index contributed by atoms with van der Waals surface area (Å²) in [7, 11) is 0. The number of nitrogens with one attached hydrogen (secondary N) is 3. The van der Waals surface area contributed by atoms with E-state index in [2.05, 4.69) is 20.5 Å². The molecule has 2 aromatic heterocycles. The summed E-state index contributed by atoms with van der Waals surface area (Å²) in [5.74, 6) is -0.255. The molecule has 2 heterocycles. The monoisotopic (exact) mass is 350 g/mol. The van der Waals surface area contributed by atoms with Crippen molar-refractivity contribution < 1.29 is 4.79 Å². The number of carbonyl (C=O) groups excluding carboxylic acids is 1. The Morgan fingerprint density at radius 1 is 1.12 bits per heavy atom. The van der Waals surface area contributed by atoms with Crippen LogP contribution in [0.5, 0.6) is 0 Å². The van der Waals surface area contributed by atoms with E-state index in [9.17, 15) is 14.4 Å². The number of H-pyrrole nitrogens is 2. The molecule has 132 valence electrons. The number of amides is 1. The highest BCUT2D eigenvalue weighted by molar-refractivity contribution is 5.88. The van der Waals surface area contributed by atoms with Crippen molar-refractivity contribution >= 4 is 16.7 Å². The summed E-state index contributed by atoms with van der Waals surface area (Å²) in [6.45, 7) is 0.169. The minimum absolute atomic E-state index is 0.0279. The van der Waals surface area contributed by atoms with Crippen LogP contribution in [-0.4, -0.2) is 21.1 Å². The molecule has 7 nitrogen and oxygen atoms in total. The molecule has 0 spiro atoms. The second-order valence-corrected chi connectivity index (χ2v) is 6.48. The number of nitrogens with zero attached hydrogens (tertiary/aromatic N) is 1. The highest BCUT2D eigenvalue weighted by atomic mass is 16.2. The van der Waals surface area contributed by atoms with E-state index >= 15 is 0 Å². The molecule has 0 radical (unpaired) electrons. The number of aryl methyl sites for hydroxylation is 2. The van der Waals surface area contributed by atoms with Crippen molar-refractivity contribution in [3.8, 4) is 0 Å². The van der Waals surface area contributed by atoms with E-state index < -0.39 is 0 Å². The van der Waals surface area contributed by atoms with Gasteiger partial charge in [-0.25, -0.2) is 5.10 Å². The average Bonchev–Trinajstić information content (AvgIpc) is 3.09. The molecule has 0 saturated carbocycles. The van der Waals surface area contributed by atoms with Crippen LogP contribution >= 0.6 is 0 Å². The number of carbonyl (C=O) groups is 1. The maximum absolute atomic E-state index is 12.3. The predicted octanol–water partition coefficient (Wildman–Crippen LogP) is 0.959. The normalized spacial score (nSPS) is 12.9. The third kappa shape index (κ3) is 3.03. The fourth-order valence-electron chi connectivity index (χ4n) is 3.41. The molecule has 0 unspecified atom stereocenters. The number of fused-ring (bicyclic) bond motifs is 2. The lowest BCUT2D eigenvalue weighted by Crippen LogP contribution is -2.29. The minimum atomic E-state index is -0.283. The van der Waals surface area contributed by atoms with Crippen LogP contribution in [0.4, 0.5) is 0 Å². The summed E-state index contributed by atoms with van der Waals surface area (Å²) in [5, 5.41) is 10.3. The Bertz CT molecular complexity index is 1110. The Hall–Kier alpha value is -3.22. The lowest BCUT2D eigenvalue weighted by atomic mass is 10.1. The van der Waals surface area contributed by atoms with Crippen LogP contribution in [0.2, 0.25) is 0 Å². The summed E-state index contributed by atoms with van der Waals surface area (Å²) < 4.78 is 0. The van der Waals surface area contributed by atoms with E-state index in [0.29, 0.717) is 22.0 Å². The predicted molar refractivity (Wildman–Crippen MR) is 97.0 cm³/mol. The summed E-state index contributed by atoms with van der Waals surface area (Å²) in [5.41, 5.74) is 2.78. The number of aromatic amines is 2. The molecule has 0 atom stereocenters. The fraction of sp³-hybridized carbons (Fsp3) is 0.263. The van der Waals surface area contributed by atoms with Crippen LogP contribution in [0.1, 0.15) is 28.9 Å². The summed E-state index contributed by atoms with van der Waals surface area (Å²) in [4.78, 5) is 39.1. The zero-order chi connectivity index (χ0) is 18.1. The Morgan fingerprint density at radius 3 is 2.77 bits per heavy atom. The SMILES string of the molecule is O=C(Cc1n[nH]c(=O)c2ccccc12)NCc1cc2c([nH]c1=O)CCC2. The molecule has 0 aliphatic heterocycles. The van der Waals surface area contributed by atoms with Gasteiger partial charge in [0.25, 0.3) is 11.1 Å². The standard InChI is InChI=1S/C19H18N4O3/c24-17(9-16-13-5-1-2-6-14(13)19(26)23-22-16)20-10-12-8-11-4-3-7-15(11)21-18(12)25/h1-2,5-6,8H,3-4,7,9-10H2,(H,20,24)(H,21,25)(H,23,26). The molecular formula is C19H18N4O3. The molecule has 1 aliphatic carbocycles. The van der Waals surface area contributed by atoms with Gasteiger partial charge in [0.2, 0.25) is 5.91 Å². The van der Waals surface area contributed by atoms with Crippen molar-refractivity contribution in [2.45, 2.75) is 32.2 Å². The van der Waals surface area contributed by atoms with Gasteiger partial charge in [-0.05, 0) is 37.0 Å². The van der Waals surface area contributed by atoms with Gasteiger partial charge < -0.3 is 10.3 Å². The first-order valence-corrected chi connectivity index (χ1v) is 8.59. The van der Waals surface area contributed by atoms with Crippen molar-refractivity contribution in [2.24, 2.45) is 0 Å². The van der Waals surface area contributed by atoms with Gasteiger partial charge in [0.1, 0.15) is 0 Å². The molecular weight excluding hydrogens is 332 g/mol. The highest BCUT2D eigenvalue weighted by Crippen LogP contribution is 2.18. The van der Waals surface area contributed by atoms with Crippen molar-refractivity contribution in [1.82, 2.24) is 20.5 Å². The smallest absolute Gasteiger partial charge is 0.272 e. The van der Waals surface area contributed by atoms with Crippen LogP contribution in [0.15, 0.2) is 39.9 Å². The van der Waals surface area contributed by atoms with Gasteiger partial charge in [0.15, 0.2) is 0 Å². The van der Waals surface area contributed by atoms with E-state index in [1.54, 1.807) is 24.3 Å². The molecule has 26 heavy (non-hydrogen) atoms. The quantitative estimate of drug-likeness (QED) is 0.651. The zero-order valence-corrected chi connectivity index (χ0v) is 14.1. The molecule has 0 saturated heterocycles. The average molecular weight is 350 g/mol. The van der Waals surface area contributed by atoms with Gasteiger partial charge in [-0.2, -0.15) is 5.10 Å². The Kier molecular flexibility index (Phi) is 4.12. The van der Waals surface area contributed by atoms with Gasteiger partial charge in [0, 0.05) is 23.2 Å². The second-order valence-electron chi connectivity index (χ2n) is 6.48. The van der Waals surface area contributed by atoms with E-state index in [1.165, 1.54) is 0 Å². The van der Waals surface area contributed by atoms with Crippen molar-refractivity contribution in [3.63, 3.8) is 0 Å². The topological polar surface area (TPSA) is 108 Å². The fourth-order valence-corrected chi connectivity index (χ4v) is 3.41. The molecule has 1 aliphatic rings.